The third-order valence-electron chi connectivity index (χ3n) is 3.62. The summed E-state index contributed by atoms with van der Waals surface area (Å²) in [5, 5.41) is 3.36. The molecule has 0 saturated carbocycles. The van der Waals surface area contributed by atoms with Gasteiger partial charge in [0.2, 0.25) is 5.95 Å². The van der Waals surface area contributed by atoms with E-state index >= 15 is 0 Å². The van der Waals surface area contributed by atoms with Crippen molar-refractivity contribution in [2.24, 2.45) is 0 Å². The Morgan fingerprint density at radius 1 is 1.38 bits per heavy atom. The number of nitrogens with two attached hydrogens (primary N) is 1. The predicted octanol–water partition coefficient (Wildman–Crippen LogP) is 2.20. The maximum Gasteiger partial charge on any atom is 0.368 e. The van der Waals surface area contributed by atoms with Crippen LogP contribution in [0.3, 0.4) is 0 Å². The number of anilines is 3. The molecule has 1 aliphatic rings. The molecular formula is C16H17ClN6O3. The van der Waals surface area contributed by atoms with Gasteiger partial charge in [-0.1, -0.05) is 11.6 Å². The van der Waals surface area contributed by atoms with Gasteiger partial charge in [0.15, 0.2) is 0 Å². The van der Waals surface area contributed by atoms with E-state index in [9.17, 15) is 9.59 Å². The molecule has 2 amide bonds. The van der Waals surface area contributed by atoms with Crippen LogP contribution in [0.15, 0.2) is 30.5 Å². The van der Waals surface area contributed by atoms with Crippen LogP contribution < -0.4 is 21.4 Å². The lowest BCUT2D eigenvalue weighted by Gasteiger charge is -2.16. The first-order valence-electron chi connectivity index (χ1n) is 7.70. The molecule has 136 valence electrons. The van der Waals surface area contributed by atoms with Crippen molar-refractivity contribution in [2.45, 2.75) is 19.4 Å². The van der Waals surface area contributed by atoms with Gasteiger partial charge in [0.1, 0.15) is 11.4 Å². The molecule has 0 unspecified atom stereocenters. The van der Waals surface area contributed by atoms with Crippen molar-refractivity contribution in [3.63, 3.8) is 0 Å². The molecule has 0 spiro atoms. The van der Waals surface area contributed by atoms with Crippen molar-refractivity contribution in [1.82, 2.24) is 15.3 Å². The molecule has 10 heteroatoms. The first-order chi connectivity index (χ1) is 12.2. The molecule has 1 aliphatic heterocycles. The number of benzene rings is 1. The summed E-state index contributed by atoms with van der Waals surface area (Å²) in [5.41, 5.74) is 8.44. The number of hydrogen-bond acceptors (Lipinski definition) is 7. The molecule has 1 aromatic carbocycles. The minimum Gasteiger partial charge on any atom is -0.383 e. The normalized spacial score (nSPS) is 15.5. The van der Waals surface area contributed by atoms with Gasteiger partial charge in [-0.15, -0.1) is 0 Å². The summed E-state index contributed by atoms with van der Waals surface area (Å²) < 4.78 is 0. The first-order valence-corrected chi connectivity index (χ1v) is 8.08. The van der Waals surface area contributed by atoms with E-state index in [2.05, 4.69) is 20.8 Å². The first kappa shape index (κ1) is 17.7. The molecule has 0 atom stereocenters. The van der Waals surface area contributed by atoms with Gasteiger partial charge < -0.3 is 15.9 Å². The van der Waals surface area contributed by atoms with Crippen LogP contribution in [0.4, 0.5) is 22.2 Å². The zero-order valence-electron chi connectivity index (χ0n) is 14.1. The average molecular weight is 377 g/mol. The van der Waals surface area contributed by atoms with E-state index in [0.717, 1.165) is 0 Å². The minimum absolute atomic E-state index is 0.0194. The number of nitrogens with zero attached hydrogens (tertiary/aromatic N) is 3. The molecule has 4 N–H and O–H groups in total. The smallest absolute Gasteiger partial charge is 0.368 e. The lowest BCUT2D eigenvalue weighted by Crippen LogP contribution is -2.36. The number of amides is 2. The van der Waals surface area contributed by atoms with Crippen molar-refractivity contribution in [1.29, 1.82) is 0 Å². The highest BCUT2D eigenvalue weighted by atomic mass is 35.5. The molecule has 0 radical (unpaired) electrons. The summed E-state index contributed by atoms with van der Waals surface area (Å²) in [7, 11) is 0. The number of hydrogen-bond donors (Lipinski definition) is 3. The predicted molar refractivity (Wildman–Crippen MR) is 96.9 cm³/mol. The molecule has 1 fully saturated rings. The van der Waals surface area contributed by atoms with Gasteiger partial charge in [-0.25, -0.2) is 20.1 Å². The second kappa shape index (κ2) is 6.68. The number of aromatic nitrogens is 2. The third-order valence-corrected chi connectivity index (χ3v) is 3.87. The number of nitrogens with one attached hydrogen (secondary N) is 2. The molecule has 9 nitrogen and oxygen atoms in total. The van der Waals surface area contributed by atoms with Gasteiger partial charge in [0, 0.05) is 11.2 Å². The monoisotopic (exact) mass is 376 g/mol. The molecule has 1 aromatic heterocycles. The Bertz CT molecular complexity index is 856. The number of nitrogen functional groups attached to an aromatic ring is 1. The Hall–Kier alpha value is -3.07. The Morgan fingerprint density at radius 3 is 2.65 bits per heavy atom. The van der Waals surface area contributed by atoms with E-state index in [1.807, 2.05) is 13.8 Å². The second-order valence-electron chi connectivity index (χ2n) is 6.37. The Labute approximate surface area is 154 Å². The zero-order valence-corrected chi connectivity index (χ0v) is 14.9. The number of halogens is 1. The molecule has 1 saturated heterocycles. The van der Waals surface area contributed by atoms with E-state index in [4.69, 9.17) is 22.2 Å². The Kier molecular flexibility index (Phi) is 4.56. The maximum absolute atomic E-state index is 12.1. The van der Waals surface area contributed by atoms with Gasteiger partial charge in [-0.3, -0.25) is 4.90 Å². The highest BCUT2D eigenvalue weighted by Crippen LogP contribution is 2.22. The summed E-state index contributed by atoms with van der Waals surface area (Å²) in [6.07, 6.45) is 1.22. The number of rotatable bonds is 4. The molecule has 0 aliphatic carbocycles. The average Bonchev–Trinajstić information content (AvgIpc) is 2.86. The number of carbonyl (C=O) groups excluding carboxylic acids is 2. The van der Waals surface area contributed by atoms with Crippen molar-refractivity contribution in [3.8, 4) is 0 Å². The van der Waals surface area contributed by atoms with Gasteiger partial charge in [-0.05, 0) is 38.1 Å². The van der Waals surface area contributed by atoms with Crippen molar-refractivity contribution >= 4 is 41.1 Å². The van der Waals surface area contributed by atoms with Crippen molar-refractivity contribution in [2.75, 3.05) is 22.7 Å². The van der Waals surface area contributed by atoms with Crippen LogP contribution in [0.25, 0.3) is 0 Å². The summed E-state index contributed by atoms with van der Waals surface area (Å²) in [6, 6.07) is 6.26. The van der Waals surface area contributed by atoms with Crippen LogP contribution in [0.1, 0.15) is 24.2 Å². The molecule has 0 bridgehead atoms. The molecule has 2 aromatic rings. The van der Waals surface area contributed by atoms with Crippen LogP contribution in [0.5, 0.6) is 0 Å². The summed E-state index contributed by atoms with van der Waals surface area (Å²) in [6.45, 7) is 4.14. The summed E-state index contributed by atoms with van der Waals surface area (Å²) >= 11 is 5.79. The highest BCUT2D eigenvalue weighted by Gasteiger charge is 2.37. The van der Waals surface area contributed by atoms with Crippen LogP contribution in [-0.2, 0) is 4.84 Å². The van der Waals surface area contributed by atoms with E-state index < -0.39 is 11.5 Å². The molecule has 3 rings (SSSR count). The fourth-order valence-electron chi connectivity index (χ4n) is 2.38. The third kappa shape index (κ3) is 3.77. The zero-order chi connectivity index (χ0) is 18.9. The minimum atomic E-state index is -0.754. The van der Waals surface area contributed by atoms with Crippen molar-refractivity contribution in [3.05, 3.63) is 41.0 Å². The van der Waals surface area contributed by atoms with Crippen LogP contribution in [0.2, 0.25) is 5.02 Å². The lowest BCUT2D eigenvalue weighted by atomic mass is 10.1. The summed E-state index contributed by atoms with van der Waals surface area (Å²) in [5.74, 6) is -0.724. The Morgan fingerprint density at radius 2 is 2.08 bits per heavy atom. The van der Waals surface area contributed by atoms with Gasteiger partial charge in [-0.2, -0.15) is 4.98 Å². The lowest BCUT2D eigenvalue weighted by molar-refractivity contribution is 0.0597. The van der Waals surface area contributed by atoms with E-state index in [1.165, 1.54) is 11.1 Å². The number of carbonyl (C=O) groups is 2. The largest absolute Gasteiger partial charge is 0.383 e. The van der Waals surface area contributed by atoms with Crippen LogP contribution in [-0.4, -0.2) is 34.1 Å². The highest BCUT2D eigenvalue weighted by molar-refractivity contribution is 6.30. The maximum atomic E-state index is 12.1. The van der Waals surface area contributed by atoms with Gasteiger partial charge >= 0.3 is 12.0 Å². The molecular weight excluding hydrogens is 360 g/mol. The molecule has 2 heterocycles. The molecule has 26 heavy (non-hydrogen) atoms. The van der Waals surface area contributed by atoms with E-state index in [0.29, 0.717) is 17.3 Å². The SMILES string of the molecule is CC1(C)CN(c2ncc(C(=O)ONc3ccc(Cl)cc3)c(N)n2)C(=O)N1. The van der Waals surface area contributed by atoms with Gasteiger partial charge in [0.25, 0.3) is 0 Å². The summed E-state index contributed by atoms with van der Waals surface area (Å²) in [4.78, 5) is 38.6. The van der Waals surface area contributed by atoms with Crippen molar-refractivity contribution < 1.29 is 14.4 Å². The standard InChI is InChI=1S/C16H17ClN6O3/c1-16(2)8-23(15(25)21-16)14-19-7-11(12(18)20-14)13(24)26-22-10-5-3-9(17)4-6-10/h3-7,22H,8H2,1-2H3,(H,21,25)(H2,18,19,20). The fourth-order valence-corrected chi connectivity index (χ4v) is 2.50. The second-order valence-corrected chi connectivity index (χ2v) is 6.80. The van der Waals surface area contributed by atoms with E-state index in [1.54, 1.807) is 24.3 Å². The fraction of sp³-hybridized carbons (Fsp3) is 0.250. The van der Waals surface area contributed by atoms with E-state index in [-0.39, 0.29) is 23.4 Å². The van der Waals surface area contributed by atoms with Crippen LogP contribution >= 0.6 is 11.6 Å². The van der Waals surface area contributed by atoms with Crippen LogP contribution in [0, 0.1) is 0 Å². The quantitative estimate of drug-likeness (QED) is 0.699. The Balaban J connectivity index is 1.70. The topological polar surface area (TPSA) is 122 Å². The van der Waals surface area contributed by atoms with Gasteiger partial charge in [0.05, 0.1) is 17.8 Å². The number of urea groups is 1.